The van der Waals surface area contributed by atoms with Crippen LogP contribution in [0.1, 0.15) is 16.8 Å². The van der Waals surface area contributed by atoms with E-state index in [1.807, 2.05) is 43.3 Å². The Kier molecular flexibility index (Phi) is 4.75. The van der Waals surface area contributed by atoms with E-state index in [1.54, 1.807) is 23.1 Å². The van der Waals surface area contributed by atoms with Crippen molar-refractivity contribution >= 4 is 29.0 Å². The van der Waals surface area contributed by atoms with Crippen molar-refractivity contribution in [3.8, 4) is 11.3 Å². The number of aromatic amines is 1. The van der Waals surface area contributed by atoms with Crippen LogP contribution in [0.2, 0.25) is 5.02 Å². The van der Waals surface area contributed by atoms with Gasteiger partial charge in [0.05, 0.1) is 23.5 Å². The third-order valence-corrected chi connectivity index (χ3v) is 5.80. The monoisotopic (exact) mass is 433 g/mol. The van der Waals surface area contributed by atoms with E-state index < -0.39 is 0 Å². The van der Waals surface area contributed by atoms with Gasteiger partial charge < -0.3 is 10.2 Å². The molecule has 0 bridgehead atoms. The third-order valence-electron chi connectivity index (χ3n) is 5.56. The first-order chi connectivity index (χ1) is 15.0. The number of carbonyl (C=O) groups is 1. The van der Waals surface area contributed by atoms with Crippen LogP contribution >= 0.6 is 11.6 Å². The van der Waals surface area contributed by atoms with Crippen molar-refractivity contribution in [3.63, 3.8) is 0 Å². The number of fused-ring (bicyclic) bond motifs is 2. The zero-order valence-corrected chi connectivity index (χ0v) is 17.6. The summed E-state index contributed by atoms with van der Waals surface area (Å²) in [6.07, 6.45) is 0.528. The summed E-state index contributed by atoms with van der Waals surface area (Å²) in [5, 5.41) is 6.67. The summed E-state index contributed by atoms with van der Waals surface area (Å²) in [4.78, 5) is 32.3. The van der Waals surface area contributed by atoms with E-state index in [4.69, 9.17) is 11.6 Å². The van der Waals surface area contributed by atoms with Crippen molar-refractivity contribution < 1.29 is 4.79 Å². The van der Waals surface area contributed by atoms with E-state index in [0.717, 1.165) is 22.5 Å². The molecule has 0 atom stereocenters. The van der Waals surface area contributed by atoms with Gasteiger partial charge in [-0.2, -0.15) is 0 Å². The van der Waals surface area contributed by atoms with Crippen LogP contribution in [-0.4, -0.2) is 32.1 Å². The van der Waals surface area contributed by atoms with Crippen molar-refractivity contribution in [2.24, 2.45) is 0 Å². The maximum absolute atomic E-state index is 13.2. The first-order valence-corrected chi connectivity index (χ1v) is 10.4. The summed E-state index contributed by atoms with van der Waals surface area (Å²) in [7, 11) is 0. The Balaban J connectivity index is 1.43. The minimum atomic E-state index is -0.253. The van der Waals surface area contributed by atoms with Crippen LogP contribution in [0.4, 0.5) is 10.5 Å². The molecule has 2 amide bonds. The molecule has 4 aromatic rings. The normalized spacial score (nSPS) is 13.3. The zero-order valence-electron chi connectivity index (χ0n) is 16.9. The number of amides is 2. The highest BCUT2D eigenvalue weighted by atomic mass is 35.5. The molecular weight excluding hydrogens is 414 g/mol. The van der Waals surface area contributed by atoms with Gasteiger partial charge in [-0.1, -0.05) is 41.9 Å². The molecule has 0 radical (unpaired) electrons. The molecular formula is C23H20ClN5O2. The molecule has 0 unspecified atom stereocenters. The number of rotatable bonds is 2. The van der Waals surface area contributed by atoms with Gasteiger partial charge in [-0.15, -0.1) is 0 Å². The van der Waals surface area contributed by atoms with Gasteiger partial charge in [0, 0.05) is 29.7 Å². The molecule has 0 saturated carbocycles. The molecule has 3 heterocycles. The summed E-state index contributed by atoms with van der Waals surface area (Å²) in [6.45, 7) is 2.59. The number of urea groups is 1. The van der Waals surface area contributed by atoms with Crippen LogP contribution in [0.15, 0.2) is 59.4 Å². The Morgan fingerprint density at radius 2 is 1.97 bits per heavy atom. The maximum atomic E-state index is 13.2. The summed E-state index contributed by atoms with van der Waals surface area (Å²) in [5.74, 6) is 0. The maximum Gasteiger partial charge on any atom is 0.322 e. The number of anilines is 1. The lowest BCUT2D eigenvalue weighted by atomic mass is 10.1. The number of aromatic nitrogens is 3. The van der Waals surface area contributed by atoms with E-state index in [1.165, 1.54) is 4.52 Å². The first-order valence-electron chi connectivity index (χ1n) is 10.0. The second kappa shape index (κ2) is 7.59. The lowest BCUT2D eigenvalue weighted by Gasteiger charge is -2.28. The lowest BCUT2D eigenvalue weighted by Crippen LogP contribution is -2.42. The van der Waals surface area contributed by atoms with Crippen LogP contribution < -0.4 is 10.9 Å². The van der Waals surface area contributed by atoms with E-state index >= 15 is 0 Å². The summed E-state index contributed by atoms with van der Waals surface area (Å²) < 4.78 is 1.45. The molecule has 1 aliphatic heterocycles. The molecule has 8 heteroatoms. The van der Waals surface area contributed by atoms with Gasteiger partial charge in [0.25, 0.3) is 5.56 Å². The van der Waals surface area contributed by atoms with Crippen molar-refractivity contribution in [2.45, 2.75) is 19.9 Å². The van der Waals surface area contributed by atoms with Gasteiger partial charge in [-0.05, 0) is 36.2 Å². The van der Waals surface area contributed by atoms with Gasteiger partial charge in [-0.3, -0.25) is 9.89 Å². The molecule has 0 spiro atoms. The lowest BCUT2D eigenvalue weighted by molar-refractivity contribution is 0.205. The Hall–Kier alpha value is -3.58. The molecule has 2 aromatic carbocycles. The molecule has 31 heavy (non-hydrogen) atoms. The number of benzene rings is 2. The highest BCUT2D eigenvalue weighted by Gasteiger charge is 2.26. The van der Waals surface area contributed by atoms with Crippen molar-refractivity contribution in [2.75, 3.05) is 11.9 Å². The fraction of sp³-hybridized carbons (Fsp3) is 0.174. The van der Waals surface area contributed by atoms with E-state index in [9.17, 15) is 9.59 Å². The number of nitrogens with one attached hydrogen (secondary N) is 2. The van der Waals surface area contributed by atoms with Gasteiger partial charge in [0.2, 0.25) is 0 Å². The Bertz CT molecular complexity index is 1360. The molecule has 156 valence electrons. The zero-order chi connectivity index (χ0) is 21.5. The Morgan fingerprint density at radius 1 is 1.16 bits per heavy atom. The van der Waals surface area contributed by atoms with Crippen LogP contribution in [0, 0.1) is 6.92 Å². The molecule has 0 fully saturated rings. The predicted molar refractivity (Wildman–Crippen MR) is 121 cm³/mol. The van der Waals surface area contributed by atoms with Crippen LogP contribution in [0.25, 0.3) is 16.9 Å². The third kappa shape index (κ3) is 3.57. The number of nitrogens with zero attached hydrogens (tertiary/aromatic N) is 3. The van der Waals surface area contributed by atoms with Crippen molar-refractivity contribution in [1.82, 2.24) is 19.5 Å². The fourth-order valence-electron chi connectivity index (χ4n) is 3.88. The number of carbonyl (C=O) groups excluding carboxylic acids is 1. The van der Waals surface area contributed by atoms with Gasteiger partial charge in [-0.25, -0.2) is 14.3 Å². The summed E-state index contributed by atoms with van der Waals surface area (Å²) >= 11 is 5.99. The number of aryl methyl sites for hydroxylation is 1. The molecule has 2 N–H and O–H groups in total. The number of H-pyrrole nitrogens is 1. The molecule has 5 rings (SSSR count). The molecule has 0 aliphatic carbocycles. The Labute approximate surface area is 183 Å². The quantitative estimate of drug-likeness (QED) is 0.496. The average Bonchev–Trinajstić information content (AvgIpc) is 3.21. The molecule has 7 nitrogen and oxygen atoms in total. The van der Waals surface area contributed by atoms with E-state index in [2.05, 4.69) is 15.4 Å². The number of hydrogen-bond acceptors (Lipinski definition) is 3. The predicted octanol–water partition coefficient (Wildman–Crippen LogP) is 4.24. The van der Waals surface area contributed by atoms with Gasteiger partial charge >= 0.3 is 6.03 Å². The highest BCUT2D eigenvalue weighted by Crippen LogP contribution is 2.23. The van der Waals surface area contributed by atoms with Crippen LogP contribution in [0.3, 0.4) is 0 Å². The van der Waals surface area contributed by atoms with Gasteiger partial charge in [0.15, 0.2) is 5.65 Å². The van der Waals surface area contributed by atoms with Crippen LogP contribution in [0.5, 0.6) is 0 Å². The van der Waals surface area contributed by atoms with E-state index in [0.29, 0.717) is 34.9 Å². The fourth-order valence-corrected chi connectivity index (χ4v) is 4.11. The molecule has 2 aromatic heterocycles. The average molecular weight is 434 g/mol. The van der Waals surface area contributed by atoms with Crippen molar-refractivity contribution in [3.05, 3.63) is 86.8 Å². The minimum absolute atomic E-state index is 0.178. The second-order valence-corrected chi connectivity index (χ2v) is 8.07. The number of halogens is 1. The molecule has 1 aliphatic rings. The minimum Gasteiger partial charge on any atom is -0.320 e. The summed E-state index contributed by atoms with van der Waals surface area (Å²) in [5.41, 5.74) is 5.05. The smallest absolute Gasteiger partial charge is 0.320 e. The largest absolute Gasteiger partial charge is 0.322 e. The standard InChI is InChI=1S/C23H20ClN5O2/c1-14-11-16(24)7-8-18(14)26-23(31)28-10-9-19-17(13-28)22(30)29-21(25-19)12-20(27-29)15-5-3-2-4-6-15/h2-8,11-12,27H,9-10,13H2,1H3,(H,26,31). The molecule has 0 saturated heterocycles. The number of hydrogen-bond donors (Lipinski definition) is 2. The SMILES string of the molecule is Cc1cc(Cl)ccc1NC(=O)N1CCc2nc3cc(-c4ccccc4)[nH]n3c(=O)c2C1. The second-order valence-electron chi connectivity index (χ2n) is 7.63. The topological polar surface area (TPSA) is 82.5 Å². The van der Waals surface area contributed by atoms with Crippen LogP contribution in [-0.2, 0) is 13.0 Å². The first kappa shape index (κ1) is 19.4. The van der Waals surface area contributed by atoms with Gasteiger partial charge in [0.1, 0.15) is 0 Å². The highest BCUT2D eigenvalue weighted by molar-refractivity contribution is 6.30. The van der Waals surface area contributed by atoms with Crippen molar-refractivity contribution in [1.29, 1.82) is 0 Å². The Morgan fingerprint density at radius 3 is 2.74 bits per heavy atom. The van der Waals surface area contributed by atoms with E-state index in [-0.39, 0.29) is 18.1 Å². The summed E-state index contributed by atoms with van der Waals surface area (Å²) in [6, 6.07) is 16.7.